The molecular formula is C21H27N5O3. The molecule has 1 amide bonds. The Balaban J connectivity index is 1.61. The molecule has 2 aliphatic heterocycles. The van der Waals surface area contributed by atoms with Crippen molar-refractivity contribution in [3.8, 4) is 0 Å². The zero-order chi connectivity index (χ0) is 20.4. The molecule has 29 heavy (non-hydrogen) atoms. The predicted molar refractivity (Wildman–Crippen MR) is 109 cm³/mol. The van der Waals surface area contributed by atoms with Crippen molar-refractivity contribution in [1.29, 1.82) is 0 Å². The summed E-state index contributed by atoms with van der Waals surface area (Å²) in [4.78, 5) is 35.9. The molecule has 8 nitrogen and oxygen atoms in total. The van der Waals surface area contributed by atoms with Crippen molar-refractivity contribution >= 4 is 11.7 Å². The van der Waals surface area contributed by atoms with Gasteiger partial charge in [-0.3, -0.25) is 9.59 Å². The number of methoxy groups -OCH3 is 1. The molecule has 1 fully saturated rings. The number of rotatable bonds is 6. The number of hydrogen-bond acceptors (Lipinski definition) is 6. The van der Waals surface area contributed by atoms with Gasteiger partial charge in [0.25, 0.3) is 5.56 Å². The van der Waals surface area contributed by atoms with Gasteiger partial charge < -0.3 is 19.5 Å². The maximum absolute atomic E-state index is 12.7. The molecule has 0 radical (unpaired) electrons. The number of amides is 1. The lowest BCUT2D eigenvalue weighted by molar-refractivity contribution is -0.122. The van der Waals surface area contributed by atoms with Crippen LogP contribution in [-0.4, -0.2) is 53.8 Å². The predicted octanol–water partition coefficient (Wildman–Crippen LogP) is 1.26. The average Bonchev–Trinajstić information content (AvgIpc) is 2.72. The largest absolute Gasteiger partial charge is 0.384 e. The molecule has 1 saturated heterocycles. The smallest absolute Gasteiger partial charge is 0.251 e. The monoisotopic (exact) mass is 397 g/mol. The molecule has 0 spiro atoms. The summed E-state index contributed by atoms with van der Waals surface area (Å²) in [6.07, 6.45) is 3.11. The van der Waals surface area contributed by atoms with E-state index in [4.69, 9.17) is 4.74 Å². The van der Waals surface area contributed by atoms with Crippen molar-refractivity contribution in [3.63, 3.8) is 0 Å². The Kier molecular flexibility index (Phi) is 5.62. The van der Waals surface area contributed by atoms with E-state index in [-0.39, 0.29) is 29.3 Å². The van der Waals surface area contributed by atoms with Gasteiger partial charge in [-0.05, 0) is 31.4 Å². The van der Waals surface area contributed by atoms with E-state index in [0.29, 0.717) is 19.6 Å². The van der Waals surface area contributed by atoms with Crippen LogP contribution >= 0.6 is 0 Å². The molecule has 0 unspecified atom stereocenters. The summed E-state index contributed by atoms with van der Waals surface area (Å²) in [7, 11) is 1.58. The van der Waals surface area contributed by atoms with Gasteiger partial charge in [0, 0.05) is 57.0 Å². The number of ether oxygens (including phenoxy) is 1. The maximum Gasteiger partial charge on any atom is 0.251 e. The highest BCUT2D eigenvalue weighted by atomic mass is 16.5. The Hall–Kier alpha value is -2.74. The van der Waals surface area contributed by atoms with E-state index >= 15 is 0 Å². The van der Waals surface area contributed by atoms with Gasteiger partial charge in [-0.25, -0.2) is 9.97 Å². The number of aryl methyl sites for hydroxylation is 1. The fraction of sp³-hybridized carbons (Fsp3) is 0.524. The van der Waals surface area contributed by atoms with E-state index in [2.05, 4.69) is 20.2 Å². The van der Waals surface area contributed by atoms with Crippen LogP contribution in [0.3, 0.4) is 0 Å². The fourth-order valence-electron chi connectivity index (χ4n) is 4.61. The lowest BCUT2D eigenvalue weighted by Gasteiger charge is -2.47. The minimum absolute atomic E-state index is 0.000305. The molecule has 3 atom stereocenters. The maximum atomic E-state index is 12.7. The van der Waals surface area contributed by atoms with Gasteiger partial charge in [-0.1, -0.05) is 6.07 Å². The minimum atomic E-state index is -0.0767. The Bertz CT molecular complexity index is 944. The number of piperidine rings is 1. The third kappa shape index (κ3) is 4.03. The lowest BCUT2D eigenvalue weighted by Crippen LogP contribution is -2.52. The van der Waals surface area contributed by atoms with Gasteiger partial charge in [0.15, 0.2) is 0 Å². The molecular weight excluding hydrogens is 370 g/mol. The normalized spacial score (nSPS) is 22.8. The molecule has 0 saturated carbocycles. The second-order valence-corrected chi connectivity index (χ2v) is 7.83. The highest BCUT2D eigenvalue weighted by molar-refractivity contribution is 5.75. The molecule has 2 aliphatic rings. The van der Waals surface area contributed by atoms with Crippen LogP contribution in [0.1, 0.15) is 36.3 Å². The SMILES string of the molecule is COCCC(=O)NC[C@H]1[C@H]2C[C@H](CN(c3ccnc(C)n3)C2)c2cccc(=O)n21. The molecule has 0 aromatic carbocycles. The molecule has 2 bridgehead atoms. The van der Waals surface area contributed by atoms with Gasteiger partial charge >= 0.3 is 0 Å². The van der Waals surface area contributed by atoms with Crippen molar-refractivity contribution in [2.45, 2.75) is 31.7 Å². The van der Waals surface area contributed by atoms with Crippen molar-refractivity contribution in [1.82, 2.24) is 19.9 Å². The van der Waals surface area contributed by atoms with Gasteiger partial charge in [0.1, 0.15) is 11.6 Å². The van der Waals surface area contributed by atoms with Crippen molar-refractivity contribution in [3.05, 3.63) is 52.3 Å². The molecule has 2 aromatic rings. The highest BCUT2D eigenvalue weighted by Crippen LogP contribution is 2.41. The molecule has 4 heterocycles. The summed E-state index contributed by atoms with van der Waals surface area (Å²) in [6, 6.07) is 7.34. The molecule has 8 heteroatoms. The molecule has 1 N–H and O–H groups in total. The van der Waals surface area contributed by atoms with E-state index in [1.54, 1.807) is 19.4 Å². The number of pyridine rings is 1. The summed E-state index contributed by atoms with van der Waals surface area (Å²) < 4.78 is 6.88. The van der Waals surface area contributed by atoms with Gasteiger partial charge in [-0.2, -0.15) is 0 Å². The van der Waals surface area contributed by atoms with Crippen LogP contribution in [0.2, 0.25) is 0 Å². The number of carbonyl (C=O) groups excluding carboxylic acids is 1. The van der Waals surface area contributed by atoms with Crippen LogP contribution in [0.4, 0.5) is 5.82 Å². The summed E-state index contributed by atoms with van der Waals surface area (Å²) in [6.45, 7) is 4.34. The van der Waals surface area contributed by atoms with E-state index in [1.165, 1.54) is 0 Å². The van der Waals surface area contributed by atoms with Crippen LogP contribution in [-0.2, 0) is 9.53 Å². The van der Waals surface area contributed by atoms with Crippen LogP contribution in [0, 0.1) is 12.8 Å². The quantitative estimate of drug-likeness (QED) is 0.790. The van der Waals surface area contributed by atoms with Crippen LogP contribution < -0.4 is 15.8 Å². The first-order chi connectivity index (χ1) is 14.1. The zero-order valence-corrected chi connectivity index (χ0v) is 16.9. The highest BCUT2D eigenvalue weighted by Gasteiger charge is 2.41. The first-order valence-electron chi connectivity index (χ1n) is 10.1. The van der Waals surface area contributed by atoms with E-state index in [1.807, 2.05) is 29.7 Å². The fourth-order valence-corrected chi connectivity index (χ4v) is 4.61. The van der Waals surface area contributed by atoms with Crippen molar-refractivity contribution in [2.75, 3.05) is 38.3 Å². The Morgan fingerprint density at radius 3 is 2.97 bits per heavy atom. The van der Waals surface area contributed by atoms with E-state index in [0.717, 1.165) is 36.8 Å². The number of hydrogen-bond donors (Lipinski definition) is 1. The average molecular weight is 397 g/mol. The Labute approximate surface area is 169 Å². The van der Waals surface area contributed by atoms with Gasteiger partial charge in [0.2, 0.25) is 5.91 Å². The number of nitrogens with zero attached hydrogens (tertiary/aromatic N) is 4. The van der Waals surface area contributed by atoms with Crippen LogP contribution in [0.5, 0.6) is 0 Å². The van der Waals surface area contributed by atoms with Crippen molar-refractivity contribution < 1.29 is 9.53 Å². The number of aromatic nitrogens is 3. The zero-order valence-electron chi connectivity index (χ0n) is 16.9. The Morgan fingerprint density at radius 1 is 1.31 bits per heavy atom. The molecule has 154 valence electrons. The summed E-state index contributed by atoms with van der Waals surface area (Å²) >= 11 is 0. The number of carbonyl (C=O) groups is 1. The number of fused-ring (bicyclic) bond motifs is 4. The topological polar surface area (TPSA) is 89.3 Å². The second-order valence-electron chi connectivity index (χ2n) is 7.83. The first-order valence-corrected chi connectivity index (χ1v) is 10.1. The standard InChI is InChI=1S/C21H27N5O3/c1-14-22-8-6-19(24-14)25-12-15-10-16(13-25)18(11-23-20(27)7-9-29-2)26-17(15)4-3-5-21(26)28/h3-6,8,15-16,18H,7,9-13H2,1-2H3,(H,23,27)/t15-,16+,18+/m1/s1. The number of anilines is 1. The third-order valence-corrected chi connectivity index (χ3v) is 5.93. The van der Waals surface area contributed by atoms with E-state index < -0.39 is 0 Å². The summed E-state index contributed by atoms with van der Waals surface area (Å²) in [5.41, 5.74) is 1.04. The summed E-state index contributed by atoms with van der Waals surface area (Å²) in [5.74, 6) is 2.12. The minimum Gasteiger partial charge on any atom is -0.384 e. The first kappa shape index (κ1) is 19.6. The van der Waals surface area contributed by atoms with Crippen LogP contribution in [0.15, 0.2) is 35.3 Å². The molecule has 0 aliphatic carbocycles. The summed E-state index contributed by atoms with van der Waals surface area (Å²) in [5, 5.41) is 3.00. The number of nitrogens with one attached hydrogen (secondary N) is 1. The Morgan fingerprint density at radius 2 is 2.17 bits per heavy atom. The molecule has 4 rings (SSSR count). The third-order valence-electron chi connectivity index (χ3n) is 5.93. The molecule has 2 aromatic heterocycles. The van der Waals surface area contributed by atoms with Crippen LogP contribution in [0.25, 0.3) is 0 Å². The second kappa shape index (κ2) is 8.32. The van der Waals surface area contributed by atoms with E-state index in [9.17, 15) is 9.59 Å². The van der Waals surface area contributed by atoms with Crippen molar-refractivity contribution in [2.24, 2.45) is 5.92 Å². The van der Waals surface area contributed by atoms with Gasteiger partial charge in [-0.15, -0.1) is 0 Å². The lowest BCUT2D eigenvalue weighted by atomic mass is 9.78. The van der Waals surface area contributed by atoms with Gasteiger partial charge in [0.05, 0.1) is 12.6 Å².